The molecule has 21 heavy (non-hydrogen) atoms. The summed E-state index contributed by atoms with van der Waals surface area (Å²) < 4.78 is 2.20. The van der Waals surface area contributed by atoms with Crippen LogP contribution in [0.5, 0.6) is 0 Å². The lowest BCUT2D eigenvalue weighted by Gasteiger charge is -2.21. The molecule has 112 valence electrons. The molecule has 1 aromatic heterocycles. The van der Waals surface area contributed by atoms with Crippen LogP contribution in [-0.2, 0) is 17.8 Å². The number of aryl methyl sites for hydroxylation is 1. The highest BCUT2D eigenvalue weighted by atomic mass is 32.2. The predicted molar refractivity (Wildman–Crippen MR) is 87.9 cm³/mol. The van der Waals surface area contributed by atoms with Crippen LogP contribution in [0.3, 0.4) is 0 Å². The van der Waals surface area contributed by atoms with E-state index in [0.717, 1.165) is 47.9 Å². The summed E-state index contributed by atoms with van der Waals surface area (Å²) in [5, 5.41) is 3.32. The Balaban J connectivity index is 1.85. The van der Waals surface area contributed by atoms with E-state index in [2.05, 4.69) is 27.9 Å². The Kier molecular flexibility index (Phi) is 4.60. The first-order chi connectivity index (χ1) is 10.3. The molecule has 0 saturated carbocycles. The van der Waals surface area contributed by atoms with Crippen molar-refractivity contribution >= 4 is 28.6 Å². The molecule has 1 unspecified atom stereocenters. The second kappa shape index (κ2) is 6.62. The molecule has 1 atom stereocenters. The van der Waals surface area contributed by atoms with Gasteiger partial charge in [-0.1, -0.05) is 19.1 Å². The molecule has 1 aliphatic rings. The van der Waals surface area contributed by atoms with Gasteiger partial charge in [0.15, 0.2) is 5.78 Å². The fraction of sp³-hybridized carbons (Fsp3) is 0.500. The third-order valence-corrected chi connectivity index (χ3v) is 4.89. The molecule has 3 rings (SSSR count). The van der Waals surface area contributed by atoms with Gasteiger partial charge in [-0.3, -0.25) is 4.79 Å². The van der Waals surface area contributed by atoms with Gasteiger partial charge in [0.2, 0.25) is 0 Å². The summed E-state index contributed by atoms with van der Waals surface area (Å²) in [7, 11) is 0. The number of benzene rings is 1. The van der Waals surface area contributed by atoms with E-state index in [-0.39, 0.29) is 11.8 Å². The fourth-order valence-corrected chi connectivity index (χ4v) is 3.75. The molecule has 2 aromatic rings. The molecule has 0 aliphatic carbocycles. The lowest BCUT2D eigenvalue weighted by atomic mass is 10.1. The van der Waals surface area contributed by atoms with E-state index in [9.17, 15) is 4.79 Å². The molecule has 1 N–H and O–H groups in total. The Morgan fingerprint density at radius 3 is 3.10 bits per heavy atom. The van der Waals surface area contributed by atoms with Crippen LogP contribution in [0.4, 0.5) is 0 Å². The maximum atomic E-state index is 12.5. The Morgan fingerprint density at radius 2 is 2.33 bits per heavy atom. The van der Waals surface area contributed by atoms with E-state index >= 15 is 0 Å². The number of imidazole rings is 1. The molecule has 0 bridgehead atoms. The van der Waals surface area contributed by atoms with Crippen LogP contribution in [0.2, 0.25) is 0 Å². The van der Waals surface area contributed by atoms with E-state index in [1.165, 1.54) is 0 Å². The summed E-state index contributed by atoms with van der Waals surface area (Å²) in [6.45, 7) is 3.99. The minimum Gasteiger partial charge on any atom is -0.328 e. The van der Waals surface area contributed by atoms with Crippen LogP contribution in [0.1, 0.15) is 19.2 Å². The van der Waals surface area contributed by atoms with Crippen LogP contribution >= 0.6 is 11.8 Å². The Labute approximate surface area is 129 Å². The smallest absolute Gasteiger partial charge is 0.158 e. The van der Waals surface area contributed by atoms with Crippen molar-refractivity contribution in [2.24, 2.45) is 0 Å². The average molecular weight is 303 g/mol. The minimum absolute atomic E-state index is 0.0151. The molecule has 4 nitrogen and oxygen atoms in total. The lowest BCUT2D eigenvalue weighted by molar-refractivity contribution is -0.120. The van der Waals surface area contributed by atoms with Gasteiger partial charge in [0.05, 0.1) is 23.5 Å². The fourth-order valence-electron chi connectivity index (χ4n) is 2.78. The van der Waals surface area contributed by atoms with Crippen molar-refractivity contribution in [1.82, 2.24) is 14.9 Å². The van der Waals surface area contributed by atoms with Crippen molar-refractivity contribution in [3.63, 3.8) is 0 Å². The zero-order chi connectivity index (χ0) is 14.7. The predicted octanol–water partition coefficient (Wildman–Crippen LogP) is 2.26. The number of nitrogens with zero attached hydrogens (tertiary/aromatic N) is 2. The molecule has 1 aromatic carbocycles. The van der Waals surface area contributed by atoms with E-state index in [1.807, 2.05) is 30.0 Å². The number of carbonyl (C=O) groups excluding carboxylic acids is 1. The second-order valence-corrected chi connectivity index (χ2v) is 6.54. The number of carbonyl (C=O) groups is 1. The second-order valence-electron chi connectivity index (χ2n) is 5.39. The number of para-hydroxylation sites is 2. The molecular weight excluding hydrogens is 282 g/mol. The number of fused-ring (bicyclic) bond motifs is 1. The maximum Gasteiger partial charge on any atom is 0.158 e. The van der Waals surface area contributed by atoms with E-state index in [1.54, 1.807) is 0 Å². The van der Waals surface area contributed by atoms with E-state index < -0.39 is 0 Å². The standard InChI is InChI=1S/C16H21N3OS/c1-2-8-19-14-6-4-3-5-12(14)18-16(19)10-15(20)13-11-21-9-7-17-13/h3-6,13,17H,2,7-11H2,1H3. The summed E-state index contributed by atoms with van der Waals surface area (Å²) >= 11 is 1.85. The average Bonchev–Trinajstić information content (AvgIpc) is 2.86. The molecule has 0 amide bonds. The molecule has 0 radical (unpaired) electrons. The SMILES string of the molecule is CCCn1c(CC(=O)C2CSCCN2)nc2ccccc21. The topological polar surface area (TPSA) is 46.9 Å². The van der Waals surface area contributed by atoms with Gasteiger partial charge in [-0.2, -0.15) is 11.8 Å². The Hall–Kier alpha value is -1.33. The quantitative estimate of drug-likeness (QED) is 0.920. The largest absolute Gasteiger partial charge is 0.328 e. The molecule has 1 fully saturated rings. The normalized spacial score (nSPS) is 19.0. The Bertz CT molecular complexity index is 631. The summed E-state index contributed by atoms with van der Waals surface area (Å²) in [6.07, 6.45) is 1.46. The number of ketones is 1. The van der Waals surface area contributed by atoms with Gasteiger partial charge in [-0.25, -0.2) is 4.98 Å². The molecule has 2 heterocycles. The van der Waals surface area contributed by atoms with Gasteiger partial charge in [-0.05, 0) is 18.6 Å². The minimum atomic E-state index is -0.0151. The highest BCUT2D eigenvalue weighted by Crippen LogP contribution is 2.18. The van der Waals surface area contributed by atoms with Gasteiger partial charge < -0.3 is 9.88 Å². The third-order valence-electron chi connectivity index (χ3n) is 3.82. The summed E-state index contributed by atoms with van der Waals surface area (Å²) in [5.74, 6) is 3.14. The van der Waals surface area contributed by atoms with Crippen molar-refractivity contribution in [3.8, 4) is 0 Å². The van der Waals surface area contributed by atoms with Gasteiger partial charge in [0.25, 0.3) is 0 Å². The van der Waals surface area contributed by atoms with Crippen molar-refractivity contribution in [2.75, 3.05) is 18.1 Å². The first-order valence-corrected chi connectivity index (χ1v) is 8.73. The Morgan fingerprint density at radius 1 is 1.48 bits per heavy atom. The first-order valence-electron chi connectivity index (χ1n) is 7.57. The zero-order valence-electron chi connectivity index (χ0n) is 12.3. The van der Waals surface area contributed by atoms with Crippen LogP contribution in [0.25, 0.3) is 11.0 Å². The van der Waals surface area contributed by atoms with E-state index in [0.29, 0.717) is 6.42 Å². The summed E-state index contributed by atoms with van der Waals surface area (Å²) in [4.78, 5) is 17.1. The van der Waals surface area contributed by atoms with Crippen molar-refractivity contribution < 1.29 is 4.79 Å². The van der Waals surface area contributed by atoms with Gasteiger partial charge >= 0.3 is 0 Å². The lowest BCUT2D eigenvalue weighted by Crippen LogP contribution is -2.44. The van der Waals surface area contributed by atoms with Crippen LogP contribution < -0.4 is 5.32 Å². The van der Waals surface area contributed by atoms with E-state index in [4.69, 9.17) is 0 Å². The van der Waals surface area contributed by atoms with Crippen molar-refractivity contribution in [3.05, 3.63) is 30.1 Å². The maximum absolute atomic E-state index is 12.5. The molecule has 0 spiro atoms. The van der Waals surface area contributed by atoms with Crippen molar-refractivity contribution in [1.29, 1.82) is 0 Å². The number of hydrogen-bond donors (Lipinski definition) is 1. The van der Waals surface area contributed by atoms with Crippen LogP contribution in [0, 0.1) is 0 Å². The number of hydrogen-bond acceptors (Lipinski definition) is 4. The number of aromatic nitrogens is 2. The van der Waals surface area contributed by atoms with Gasteiger partial charge in [-0.15, -0.1) is 0 Å². The molecule has 5 heteroatoms. The zero-order valence-corrected chi connectivity index (χ0v) is 13.2. The summed E-state index contributed by atoms with van der Waals surface area (Å²) in [5.41, 5.74) is 2.12. The number of rotatable bonds is 5. The first kappa shape index (κ1) is 14.6. The van der Waals surface area contributed by atoms with Crippen molar-refractivity contribution in [2.45, 2.75) is 32.4 Å². The monoisotopic (exact) mass is 303 g/mol. The molecule has 1 aliphatic heterocycles. The number of Topliss-reactive ketones (excluding diaryl/α,β-unsaturated/α-hetero) is 1. The van der Waals surface area contributed by atoms with Crippen LogP contribution in [0.15, 0.2) is 24.3 Å². The third kappa shape index (κ3) is 3.14. The van der Waals surface area contributed by atoms with Gasteiger partial charge in [0, 0.05) is 24.6 Å². The highest BCUT2D eigenvalue weighted by molar-refractivity contribution is 7.99. The summed E-state index contributed by atoms with van der Waals surface area (Å²) in [6, 6.07) is 8.11. The number of thioether (sulfide) groups is 1. The van der Waals surface area contributed by atoms with Crippen LogP contribution in [-0.4, -0.2) is 39.4 Å². The molecule has 1 saturated heterocycles. The van der Waals surface area contributed by atoms with Gasteiger partial charge in [0.1, 0.15) is 5.82 Å². The highest BCUT2D eigenvalue weighted by Gasteiger charge is 2.23. The molecular formula is C16H21N3OS. The number of nitrogens with one attached hydrogen (secondary N) is 1.